The second-order valence-corrected chi connectivity index (χ2v) is 7.15. The zero-order chi connectivity index (χ0) is 20.0. The molecule has 1 N–H and O–H groups in total. The normalized spacial score (nSPS) is 17.5. The molecule has 1 aliphatic rings. The highest BCUT2D eigenvalue weighted by atomic mass is 35.5. The quantitative estimate of drug-likeness (QED) is 0.747. The molecule has 0 aromatic heterocycles. The number of amides is 2. The summed E-state index contributed by atoms with van der Waals surface area (Å²) in [5.41, 5.74) is 0.673. The Balaban J connectivity index is 2.00. The number of alkyl carbamates (subject to hydrolysis) is 1. The average molecular weight is 397 g/mol. The Morgan fingerprint density at radius 3 is 2.63 bits per heavy atom. The van der Waals surface area contributed by atoms with Crippen molar-refractivity contribution in [3.63, 3.8) is 0 Å². The second-order valence-electron chi connectivity index (χ2n) is 6.75. The highest BCUT2D eigenvalue weighted by Crippen LogP contribution is 2.21. The molecule has 0 aliphatic carbocycles. The zero-order valence-corrected chi connectivity index (χ0v) is 16.5. The van der Waals surface area contributed by atoms with E-state index >= 15 is 0 Å². The number of methoxy groups -OCH3 is 1. The van der Waals surface area contributed by atoms with Crippen LogP contribution in [0.4, 0.5) is 4.79 Å². The van der Waals surface area contributed by atoms with Gasteiger partial charge in [0.2, 0.25) is 5.91 Å². The molecule has 0 bridgehead atoms. The third kappa shape index (κ3) is 5.35. The van der Waals surface area contributed by atoms with Gasteiger partial charge in [-0.1, -0.05) is 43.6 Å². The number of hydrogen-bond donors (Lipinski definition) is 1. The molecule has 148 valence electrons. The highest BCUT2D eigenvalue weighted by molar-refractivity contribution is 6.31. The maximum absolute atomic E-state index is 12.9. The van der Waals surface area contributed by atoms with E-state index in [4.69, 9.17) is 21.1 Å². The first kappa shape index (κ1) is 21.0. The Kier molecular flexibility index (Phi) is 7.47. The number of nitrogens with one attached hydrogen (secondary N) is 1. The fraction of sp³-hybridized carbons (Fsp3) is 0.526. The Labute approximate surface area is 163 Å². The zero-order valence-electron chi connectivity index (χ0n) is 15.7. The number of nitrogens with zero attached hydrogens (tertiary/aromatic N) is 1. The molecule has 0 unspecified atom stereocenters. The van der Waals surface area contributed by atoms with Gasteiger partial charge in [0.1, 0.15) is 18.7 Å². The molecule has 0 spiro atoms. The lowest BCUT2D eigenvalue weighted by Gasteiger charge is -2.29. The van der Waals surface area contributed by atoms with Crippen molar-refractivity contribution in [3.8, 4) is 0 Å². The Morgan fingerprint density at radius 2 is 2.00 bits per heavy atom. The van der Waals surface area contributed by atoms with Gasteiger partial charge in [0.05, 0.1) is 7.11 Å². The highest BCUT2D eigenvalue weighted by Gasteiger charge is 2.39. The topological polar surface area (TPSA) is 84.9 Å². The summed E-state index contributed by atoms with van der Waals surface area (Å²) in [4.78, 5) is 38.5. The number of esters is 1. The van der Waals surface area contributed by atoms with Crippen molar-refractivity contribution in [1.29, 1.82) is 0 Å². The summed E-state index contributed by atoms with van der Waals surface area (Å²) >= 11 is 6.04. The molecule has 2 atom stereocenters. The number of halogens is 1. The van der Waals surface area contributed by atoms with Crippen LogP contribution in [-0.2, 0) is 25.7 Å². The smallest absolute Gasteiger partial charge is 0.408 e. The van der Waals surface area contributed by atoms with E-state index in [-0.39, 0.29) is 18.4 Å². The van der Waals surface area contributed by atoms with Crippen LogP contribution in [0.3, 0.4) is 0 Å². The Morgan fingerprint density at radius 1 is 1.30 bits per heavy atom. The number of carbonyl (C=O) groups is 3. The monoisotopic (exact) mass is 396 g/mol. The van der Waals surface area contributed by atoms with Crippen LogP contribution < -0.4 is 5.32 Å². The minimum atomic E-state index is -0.797. The third-order valence-corrected chi connectivity index (χ3v) is 4.90. The van der Waals surface area contributed by atoms with Gasteiger partial charge in [0.15, 0.2) is 0 Å². The lowest BCUT2D eigenvalue weighted by atomic mass is 10.0. The predicted molar refractivity (Wildman–Crippen MR) is 100 cm³/mol. The fourth-order valence-electron chi connectivity index (χ4n) is 3.03. The standard InChI is InChI=1S/C19H25ClN2O5/c1-12(2)16(17(23)22-10-6-9-15(22)18(24)26-3)21-19(25)27-11-13-7-4-5-8-14(13)20/h4-5,7-8,12,15-16H,6,9-11H2,1-3H3,(H,21,25)/t15-,16-/m0/s1. The van der Waals surface area contributed by atoms with E-state index in [0.29, 0.717) is 30.0 Å². The van der Waals surface area contributed by atoms with E-state index in [1.54, 1.807) is 24.3 Å². The van der Waals surface area contributed by atoms with Gasteiger partial charge in [0.25, 0.3) is 0 Å². The van der Waals surface area contributed by atoms with Crippen LogP contribution in [0.1, 0.15) is 32.3 Å². The molecule has 0 radical (unpaired) electrons. The van der Waals surface area contributed by atoms with Gasteiger partial charge in [-0.2, -0.15) is 0 Å². The van der Waals surface area contributed by atoms with Gasteiger partial charge in [-0.05, 0) is 24.8 Å². The average Bonchev–Trinajstić information content (AvgIpc) is 3.13. The van der Waals surface area contributed by atoms with Gasteiger partial charge in [-0.3, -0.25) is 4.79 Å². The predicted octanol–water partition coefficient (Wildman–Crippen LogP) is 2.75. The van der Waals surface area contributed by atoms with Crippen molar-refractivity contribution >= 4 is 29.6 Å². The summed E-state index contributed by atoms with van der Waals surface area (Å²) in [6.07, 6.45) is 0.559. The number of hydrogen-bond acceptors (Lipinski definition) is 5. The first-order valence-corrected chi connectivity index (χ1v) is 9.28. The Bertz CT molecular complexity index is 694. The molecule has 27 heavy (non-hydrogen) atoms. The molecule has 2 amide bonds. The van der Waals surface area contributed by atoms with E-state index in [1.807, 2.05) is 13.8 Å². The summed E-state index contributed by atoms with van der Waals surface area (Å²) < 4.78 is 9.98. The summed E-state index contributed by atoms with van der Waals surface area (Å²) in [5, 5.41) is 3.11. The van der Waals surface area contributed by atoms with Crippen LogP contribution in [0.5, 0.6) is 0 Å². The molecular weight excluding hydrogens is 372 g/mol. The lowest BCUT2D eigenvalue weighted by Crippen LogP contribution is -2.54. The molecule has 8 heteroatoms. The molecular formula is C19H25ClN2O5. The summed E-state index contributed by atoms with van der Waals surface area (Å²) in [7, 11) is 1.30. The van der Waals surface area contributed by atoms with Crippen molar-refractivity contribution < 1.29 is 23.9 Å². The first-order valence-electron chi connectivity index (χ1n) is 8.90. The van der Waals surface area contributed by atoms with Crippen LogP contribution in [0.15, 0.2) is 24.3 Å². The van der Waals surface area contributed by atoms with E-state index < -0.39 is 24.1 Å². The van der Waals surface area contributed by atoms with Gasteiger partial charge in [0, 0.05) is 17.1 Å². The first-order chi connectivity index (χ1) is 12.8. The number of carbonyl (C=O) groups excluding carboxylic acids is 3. The van der Waals surface area contributed by atoms with E-state index in [1.165, 1.54) is 12.0 Å². The summed E-state index contributed by atoms with van der Waals surface area (Å²) in [5.74, 6) is -0.929. The number of likely N-dealkylation sites (tertiary alicyclic amines) is 1. The molecule has 1 saturated heterocycles. The maximum atomic E-state index is 12.9. The molecule has 1 aromatic rings. The van der Waals surface area contributed by atoms with Crippen LogP contribution in [0.25, 0.3) is 0 Å². The fourth-order valence-corrected chi connectivity index (χ4v) is 3.22. The molecule has 2 rings (SSSR count). The van der Waals surface area contributed by atoms with Gasteiger partial charge >= 0.3 is 12.1 Å². The van der Waals surface area contributed by atoms with E-state index in [0.717, 1.165) is 0 Å². The van der Waals surface area contributed by atoms with Crippen LogP contribution in [0.2, 0.25) is 5.02 Å². The summed E-state index contributed by atoms with van der Waals surface area (Å²) in [6.45, 7) is 4.09. The third-order valence-electron chi connectivity index (χ3n) is 4.53. The minimum Gasteiger partial charge on any atom is -0.467 e. The molecule has 0 saturated carbocycles. The SMILES string of the molecule is COC(=O)[C@@H]1CCCN1C(=O)[C@@H](NC(=O)OCc1ccccc1Cl)C(C)C. The lowest BCUT2D eigenvalue weighted by molar-refractivity contribution is -0.151. The number of rotatable bonds is 6. The van der Waals surface area contributed by atoms with Gasteiger partial charge < -0.3 is 19.7 Å². The Hall–Kier alpha value is -2.28. The van der Waals surface area contributed by atoms with Gasteiger partial charge in [-0.15, -0.1) is 0 Å². The van der Waals surface area contributed by atoms with E-state index in [2.05, 4.69) is 5.32 Å². The molecule has 1 heterocycles. The largest absolute Gasteiger partial charge is 0.467 e. The van der Waals surface area contributed by atoms with Crippen molar-refractivity contribution in [2.45, 2.75) is 45.4 Å². The number of benzene rings is 1. The summed E-state index contributed by atoms with van der Waals surface area (Å²) in [6, 6.07) is 5.64. The van der Waals surface area contributed by atoms with Gasteiger partial charge in [-0.25, -0.2) is 9.59 Å². The van der Waals surface area contributed by atoms with Crippen LogP contribution >= 0.6 is 11.6 Å². The van der Waals surface area contributed by atoms with Crippen molar-refractivity contribution in [1.82, 2.24) is 10.2 Å². The van der Waals surface area contributed by atoms with Crippen molar-refractivity contribution in [2.75, 3.05) is 13.7 Å². The van der Waals surface area contributed by atoms with Crippen molar-refractivity contribution in [2.24, 2.45) is 5.92 Å². The van der Waals surface area contributed by atoms with Crippen LogP contribution in [0, 0.1) is 5.92 Å². The molecule has 1 aliphatic heterocycles. The minimum absolute atomic E-state index is 0.000980. The van der Waals surface area contributed by atoms with Crippen LogP contribution in [-0.4, -0.2) is 48.6 Å². The van der Waals surface area contributed by atoms with E-state index in [9.17, 15) is 14.4 Å². The number of ether oxygens (including phenoxy) is 2. The maximum Gasteiger partial charge on any atom is 0.408 e. The molecule has 7 nitrogen and oxygen atoms in total. The van der Waals surface area contributed by atoms with Crippen molar-refractivity contribution in [3.05, 3.63) is 34.9 Å². The second kappa shape index (κ2) is 9.60. The molecule has 1 fully saturated rings. The molecule has 1 aromatic carbocycles.